The second kappa shape index (κ2) is 11.5. The summed E-state index contributed by atoms with van der Waals surface area (Å²) >= 11 is 6.00. The van der Waals surface area contributed by atoms with Gasteiger partial charge in [0.25, 0.3) is 0 Å². The molecule has 0 bridgehead atoms. The van der Waals surface area contributed by atoms with E-state index in [1.807, 2.05) is 0 Å². The molecule has 0 spiro atoms. The van der Waals surface area contributed by atoms with Gasteiger partial charge >= 0.3 is 0 Å². The van der Waals surface area contributed by atoms with Crippen LogP contribution in [0.25, 0.3) is 0 Å². The van der Waals surface area contributed by atoms with Gasteiger partial charge in [-0.2, -0.15) is 0 Å². The molecule has 1 atom stereocenters. The Morgan fingerprint density at radius 3 is 2.37 bits per heavy atom. The van der Waals surface area contributed by atoms with Crippen LogP contribution in [0.2, 0.25) is 0 Å². The number of halogens is 1. The number of ether oxygens (including phenoxy) is 1. The Morgan fingerprint density at radius 1 is 1.11 bits per heavy atom. The third kappa shape index (κ3) is 9.23. The first kappa shape index (κ1) is 16.7. The molecule has 0 aromatic carbocycles. The Morgan fingerprint density at radius 2 is 1.74 bits per heavy atom. The van der Waals surface area contributed by atoms with Crippen molar-refractivity contribution in [2.75, 3.05) is 6.61 Å². The van der Waals surface area contributed by atoms with Gasteiger partial charge in [0.1, 0.15) is 6.29 Å². The van der Waals surface area contributed by atoms with Gasteiger partial charge in [-0.25, -0.2) is 0 Å². The van der Waals surface area contributed by atoms with Crippen molar-refractivity contribution < 1.29 is 9.53 Å². The molecule has 0 saturated heterocycles. The Balaban J connectivity index is 1.83. The molecule has 1 unspecified atom stereocenters. The zero-order chi connectivity index (χ0) is 13.8. The molecule has 0 radical (unpaired) electrons. The molecule has 110 valence electrons. The Bertz CT molecular complexity index is 263. The molecule has 0 aromatic rings. The highest BCUT2D eigenvalue weighted by Crippen LogP contribution is 2.20. The number of carbonyl (C=O) groups excluding carboxylic acids is 1. The largest absolute Gasteiger partial charge is 0.374 e. The SMILES string of the molecule is O=CCCCCCCCCCCC1C=C(Cl)CCO1. The molecular formula is C16H27ClO2. The first-order chi connectivity index (χ1) is 9.33. The summed E-state index contributed by atoms with van der Waals surface area (Å²) in [6.45, 7) is 0.779. The number of unbranched alkanes of at least 4 members (excludes halogenated alkanes) is 8. The summed E-state index contributed by atoms with van der Waals surface area (Å²) in [7, 11) is 0. The zero-order valence-electron chi connectivity index (χ0n) is 11.9. The van der Waals surface area contributed by atoms with Crippen LogP contribution < -0.4 is 0 Å². The summed E-state index contributed by atoms with van der Waals surface area (Å²) in [5.41, 5.74) is 0. The fourth-order valence-corrected chi connectivity index (χ4v) is 2.66. The lowest BCUT2D eigenvalue weighted by molar-refractivity contribution is -0.107. The van der Waals surface area contributed by atoms with Crippen LogP contribution in [0.15, 0.2) is 11.1 Å². The van der Waals surface area contributed by atoms with Crippen molar-refractivity contribution in [3.05, 3.63) is 11.1 Å². The smallest absolute Gasteiger partial charge is 0.119 e. The lowest BCUT2D eigenvalue weighted by atomic mass is 10.0. The lowest BCUT2D eigenvalue weighted by Crippen LogP contribution is -2.15. The summed E-state index contributed by atoms with van der Waals surface area (Å²) < 4.78 is 5.64. The third-order valence-corrected chi connectivity index (χ3v) is 3.92. The van der Waals surface area contributed by atoms with E-state index in [4.69, 9.17) is 16.3 Å². The molecule has 3 heteroatoms. The van der Waals surface area contributed by atoms with Crippen LogP contribution in [-0.2, 0) is 9.53 Å². The minimum atomic E-state index is 0.254. The molecule has 1 heterocycles. The summed E-state index contributed by atoms with van der Waals surface area (Å²) in [5.74, 6) is 0. The van der Waals surface area contributed by atoms with Crippen LogP contribution in [0.1, 0.15) is 70.6 Å². The van der Waals surface area contributed by atoms with Crippen molar-refractivity contribution in [2.45, 2.75) is 76.7 Å². The minimum Gasteiger partial charge on any atom is -0.374 e. The molecule has 1 aliphatic rings. The monoisotopic (exact) mass is 286 g/mol. The van der Waals surface area contributed by atoms with Gasteiger partial charge in [-0.1, -0.05) is 56.5 Å². The first-order valence-corrected chi connectivity index (χ1v) is 8.12. The molecule has 0 N–H and O–H groups in total. The van der Waals surface area contributed by atoms with E-state index in [0.29, 0.717) is 0 Å². The zero-order valence-corrected chi connectivity index (χ0v) is 12.7. The highest BCUT2D eigenvalue weighted by molar-refractivity contribution is 6.29. The number of hydrogen-bond acceptors (Lipinski definition) is 2. The van der Waals surface area contributed by atoms with E-state index >= 15 is 0 Å². The molecule has 0 fully saturated rings. The van der Waals surface area contributed by atoms with Gasteiger partial charge in [-0.3, -0.25) is 0 Å². The Hall–Kier alpha value is -0.340. The lowest BCUT2D eigenvalue weighted by Gasteiger charge is -2.19. The van der Waals surface area contributed by atoms with E-state index in [2.05, 4.69) is 6.08 Å². The van der Waals surface area contributed by atoms with E-state index in [0.717, 1.165) is 43.6 Å². The number of hydrogen-bond donors (Lipinski definition) is 0. The average molecular weight is 287 g/mol. The molecule has 0 aliphatic carbocycles. The normalized spacial score (nSPS) is 19.2. The third-order valence-electron chi connectivity index (χ3n) is 3.60. The Labute approximate surface area is 122 Å². The summed E-state index contributed by atoms with van der Waals surface area (Å²) in [6, 6.07) is 0. The maximum atomic E-state index is 10.1. The molecular weight excluding hydrogens is 260 g/mol. The molecule has 2 nitrogen and oxygen atoms in total. The maximum absolute atomic E-state index is 10.1. The van der Waals surface area contributed by atoms with Crippen LogP contribution in [0.4, 0.5) is 0 Å². The van der Waals surface area contributed by atoms with E-state index in [9.17, 15) is 4.79 Å². The molecule has 1 rings (SSSR count). The van der Waals surface area contributed by atoms with E-state index in [-0.39, 0.29) is 6.10 Å². The minimum absolute atomic E-state index is 0.254. The average Bonchev–Trinajstić information content (AvgIpc) is 2.41. The fraction of sp³-hybridized carbons (Fsp3) is 0.812. The van der Waals surface area contributed by atoms with Crippen LogP contribution in [0.3, 0.4) is 0 Å². The highest BCUT2D eigenvalue weighted by atomic mass is 35.5. The van der Waals surface area contributed by atoms with Crippen molar-refractivity contribution in [1.29, 1.82) is 0 Å². The van der Waals surface area contributed by atoms with E-state index in [1.54, 1.807) is 0 Å². The summed E-state index contributed by atoms with van der Waals surface area (Å²) in [6.07, 6.45) is 16.1. The second-order valence-electron chi connectivity index (χ2n) is 5.35. The number of aldehydes is 1. The summed E-state index contributed by atoms with van der Waals surface area (Å²) in [5, 5.41) is 0.964. The predicted octanol–water partition coefficient (Wildman–Crippen LogP) is 5.00. The van der Waals surface area contributed by atoms with Crippen molar-refractivity contribution in [3.63, 3.8) is 0 Å². The quantitative estimate of drug-likeness (QED) is 0.395. The molecule has 1 aliphatic heterocycles. The maximum Gasteiger partial charge on any atom is 0.119 e. The molecule has 19 heavy (non-hydrogen) atoms. The molecule has 0 amide bonds. The van der Waals surface area contributed by atoms with Crippen molar-refractivity contribution in [3.8, 4) is 0 Å². The van der Waals surface area contributed by atoms with Crippen molar-refractivity contribution >= 4 is 17.9 Å². The fourth-order valence-electron chi connectivity index (χ4n) is 2.44. The van der Waals surface area contributed by atoms with Crippen molar-refractivity contribution in [1.82, 2.24) is 0 Å². The van der Waals surface area contributed by atoms with E-state index in [1.165, 1.54) is 44.9 Å². The Kier molecular flexibility index (Phi) is 10.1. The van der Waals surface area contributed by atoms with Crippen molar-refractivity contribution in [2.24, 2.45) is 0 Å². The summed E-state index contributed by atoms with van der Waals surface area (Å²) in [4.78, 5) is 10.1. The topological polar surface area (TPSA) is 26.3 Å². The highest BCUT2D eigenvalue weighted by Gasteiger charge is 2.11. The standard InChI is InChI=1S/C16H27ClO2/c17-15-11-13-19-16(14-15)10-8-6-4-2-1-3-5-7-9-12-18/h12,14,16H,1-11,13H2. The van der Waals surface area contributed by atoms with Gasteiger partial charge in [0.2, 0.25) is 0 Å². The molecule has 0 saturated carbocycles. The number of carbonyl (C=O) groups is 1. The van der Waals surface area contributed by atoms with Crippen LogP contribution in [0, 0.1) is 0 Å². The van der Waals surface area contributed by atoms with E-state index < -0.39 is 0 Å². The van der Waals surface area contributed by atoms with Gasteiger partial charge in [-0.15, -0.1) is 0 Å². The van der Waals surface area contributed by atoms with Gasteiger partial charge in [-0.05, 0) is 18.9 Å². The number of rotatable bonds is 11. The van der Waals surface area contributed by atoms with Gasteiger partial charge in [0, 0.05) is 17.9 Å². The molecule has 0 aromatic heterocycles. The van der Waals surface area contributed by atoms with Gasteiger partial charge in [0.15, 0.2) is 0 Å². The van der Waals surface area contributed by atoms with Crippen LogP contribution >= 0.6 is 11.6 Å². The van der Waals surface area contributed by atoms with Crippen LogP contribution in [0.5, 0.6) is 0 Å². The van der Waals surface area contributed by atoms with Crippen LogP contribution in [-0.4, -0.2) is 19.0 Å². The second-order valence-corrected chi connectivity index (χ2v) is 5.83. The first-order valence-electron chi connectivity index (χ1n) is 7.74. The van der Waals surface area contributed by atoms with Gasteiger partial charge < -0.3 is 9.53 Å². The predicted molar refractivity (Wildman–Crippen MR) is 80.5 cm³/mol. The van der Waals surface area contributed by atoms with Gasteiger partial charge in [0.05, 0.1) is 12.7 Å².